The number of aromatic nitrogens is 7. The van der Waals surface area contributed by atoms with Gasteiger partial charge < -0.3 is 48.3 Å². The minimum absolute atomic E-state index is 0. The van der Waals surface area contributed by atoms with E-state index in [1.54, 1.807) is 52.4 Å². The summed E-state index contributed by atoms with van der Waals surface area (Å²) in [6.45, 7) is 1.64. The molecule has 5 rings (SSSR count). The van der Waals surface area contributed by atoms with E-state index in [2.05, 4.69) is 31.5 Å². The number of carbonyl (C=O) groups excluding carboxylic acids is 1. The van der Waals surface area contributed by atoms with Crippen molar-refractivity contribution in [3.05, 3.63) is 97.5 Å². The van der Waals surface area contributed by atoms with E-state index in [0.717, 1.165) is 10.2 Å². The molecule has 0 amide bonds. The lowest BCUT2D eigenvalue weighted by molar-refractivity contribution is 0.138. The number of carbonyl (C=O) groups is 1. The lowest BCUT2D eigenvalue weighted by Gasteiger charge is -2.05. The molecule has 0 aliphatic rings. The maximum absolute atomic E-state index is 11.5. The highest BCUT2D eigenvalue weighted by atomic mass is 16.6. The molecule has 0 aliphatic carbocycles. The van der Waals surface area contributed by atoms with Crippen molar-refractivity contribution in [3.63, 3.8) is 0 Å². The molecule has 0 spiro atoms. The second kappa shape index (κ2) is 28.2. The first kappa shape index (κ1) is 43.5. The van der Waals surface area contributed by atoms with Crippen LogP contribution in [0.1, 0.15) is 19.9 Å². The van der Waals surface area contributed by atoms with Crippen molar-refractivity contribution in [2.45, 2.75) is 21.0 Å². The highest BCUT2D eigenvalue weighted by molar-refractivity contribution is 5.73. The molecule has 0 atom stereocenters. The Labute approximate surface area is 265 Å². The van der Waals surface area contributed by atoms with Gasteiger partial charge in [0, 0.05) is 45.7 Å². The topological polar surface area (TPSA) is 273 Å². The molecule has 0 saturated heterocycles. The molecule has 5 aromatic rings. The SMILES string of the molecule is C.CC#N.CN.CN.Cn1ccnc1N.Cn1cncc1N.Nc1ccccn1.Nc1ccnn1C(=O)OCc1ccccc1. The molecular weight excluding hydrogens is 576 g/mol. The molecule has 246 valence electrons. The first-order valence-corrected chi connectivity index (χ1v) is 12.8. The summed E-state index contributed by atoms with van der Waals surface area (Å²) in [6.07, 6.45) is 9.26. The molecule has 12 N–H and O–H groups in total. The lowest BCUT2D eigenvalue weighted by Crippen LogP contribution is -2.17. The van der Waals surface area contributed by atoms with Gasteiger partial charge in [0.05, 0.1) is 24.8 Å². The summed E-state index contributed by atoms with van der Waals surface area (Å²) in [7, 11) is 6.70. The summed E-state index contributed by atoms with van der Waals surface area (Å²) >= 11 is 0. The van der Waals surface area contributed by atoms with Crippen LogP contribution in [0, 0.1) is 11.3 Å². The number of ether oxygens (including phenoxy) is 1. The number of hydrogen-bond acceptors (Lipinski definition) is 13. The number of hydrogen-bond donors (Lipinski definition) is 6. The first-order valence-electron chi connectivity index (χ1n) is 12.8. The molecule has 0 fully saturated rings. The molecule has 0 bridgehead atoms. The molecule has 0 unspecified atom stereocenters. The number of rotatable bonds is 2. The van der Waals surface area contributed by atoms with Crippen LogP contribution in [0.3, 0.4) is 0 Å². The quantitative estimate of drug-likeness (QED) is 0.165. The third-order valence-electron chi connectivity index (χ3n) is 4.45. The molecule has 0 aliphatic heterocycles. The summed E-state index contributed by atoms with van der Waals surface area (Å²) in [5, 5.41) is 11.1. The number of nitrogens with zero attached hydrogens (tertiary/aromatic N) is 8. The zero-order valence-electron chi connectivity index (χ0n) is 25.7. The number of benzene rings is 1. The van der Waals surface area contributed by atoms with Gasteiger partial charge in [-0.15, -0.1) is 4.68 Å². The minimum atomic E-state index is -0.577. The Morgan fingerprint density at radius 2 is 1.44 bits per heavy atom. The van der Waals surface area contributed by atoms with Gasteiger partial charge in [-0.3, -0.25) is 0 Å². The molecule has 1 aromatic carbocycles. The molecule has 4 heterocycles. The number of nitrogen functional groups attached to an aromatic ring is 4. The van der Waals surface area contributed by atoms with E-state index in [-0.39, 0.29) is 19.9 Å². The van der Waals surface area contributed by atoms with Crippen molar-refractivity contribution < 1.29 is 9.53 Å². The largest absolute Gasteiger partial charge is 0.443 e. The van der Waals surface area contributed by atoms with Gasteiger partial charge >= 0.3 is 6.09 Å². The fraction of sp³-hybridized carbons (Fsp3) is 0.241. The Bertz CT molecular complexity index is 1340. The second-order valence-corrected chi connectivity index (χ2v) is 7.51. The van der Waals surface area contributed by atoms with Crippen LogP contribution in [-0.4, -0.2) is 54.1 Å². The zero-order valence-corrected chi connectivity index (χ0v) is 25.7. The average Bonchev–Trinajstić information content (AvgIpc) is 3.77. The van der Waals surface area contributed by atoms with Crippen molar-refractivity contribution in [3.8, 4) is 6.07 Å². The van der Waals surface area contributed by atoms with Gasteiger partial charge in [-0.1, -0.05) is 43.8 Å². The predicted octanol–water partition coefficient (Wildman–Crippen LogP) is 2.63. The summed E-state index contributed by atoms with van der Waals surface area (Å²) in [5.41, 5.74) is 31.3. The Morgan fingerprint density at radius 3 is 1.76 bits per heavy atom. The Morgan fingerprint density at radius 1 is 0.844 bits per heavy atom. The highest BCUT2D eigenvalue weighted by Gasteiger charge is 2.09. The van der Waals surface area contributed by atoms with Gasteiger partial charge in [0.25, 0.3) is 0 Å². The van der Waals surface area contributed by atoms with E-state index < -0.39 is 6.09 Å². The monoisotopic (exact) mass is 624 g/mol. The third kappa shape index (κ3) is 20.6. The van der Waals surface area contributed by atoms with Gasteiger partial charge in [0.2, 0.25) is 0 Å². The fourth-order valence-electron chi connectivity index (χ4n) is 2.37. The number of nitrogens with two attached hydrogens (primary N) is 6. The minimum Gasteiger partial charge on any atom is -0.443 e. The van der Waals surface area contributed by atoms with E-state index in [1.807, 2.05) is 56.6 Å². The predicted molar refractivity (Wildman–Crippen MR) is 181 cm³/mol. The first-order chi connectivity index (χ1) is 21.2. The summed E-state index contributed by atoms with van der Waals surface area (Å²) < 4.78 is 9.55. The molecule has 16 nitrogen and oxygen atoms in total. The average molecular weight is 625 g/mol. The molecule has 16 heteroatoms. The number of imidazole rings is 2. The molecule has 0 radical (unpaired) electrons. The lowest BCUT2D eigenvalue weighted by atomic mass is 10.2. The second-order valence-electron chi connectivity index (χ2n) is 7.51. The van der Waals surface area contributed by atoms with Gasteiger partial charge in [0.1, 0.15) is 24.1 Å². The summed E-state index contributed by atoms with van der Waals surface area (Å²) in [4.78, 5) is 22.8. The fourth-order valence-corrected chi connectivity index (χ4v) is 2.37. The van der Waals surface area contributed by atoms with Crippen molar-refractivity contribution in [1.29, 1.82) is 5.26 Å². The van der Waals surface area contributed by atoms with Crippen molar-refractivity contribution >= 4 is 29.5 Å². The summed E-state index contributed by atoms with van der Waals surface area (Å²) in [6, 6.07) is 18.1. The van der Waals surface area contributed by atoms with Crippen LogP contribution in [0.15, 0.2) is 91.9 Å². The van der Waals surface area contributed by atoms with E-state index in [1.165, 1.54) is 33.3 Å². The highest BCUT2D eigenvalue weighted by Crippen LogP contribution is 2.05. The van der Waals surface area contributed by atoms with Crippen LogP contribution in [0.25, 0.3) is 0 Å². The van der Waals surface area contributed by atoms with Gasteiger partial charge in [-0.25, -0.2) is 19.7 Å². The van der Waals surface area contributed by atoms with Crippen molar-refractivity contribution in [2.24, 2.45) is 25.6 Å². The Balaban J connectivity index is -0.000000518. The maximum Gasteiger partial charge on any atom is 0.436 e. The van der Waals surface area contributed by atoms with Gasteiger partial charge in [-0.2, -0.15) is 10.4 Å². The maximum atomic E-state index is 11.5. The van der Waals surface area contributed by atoms with E-state index in [4.69, 9.17) is 32.9 Å². The van der Waals surface area contributed by atoms with Crippen LogP contribution in [-0.2, 0) is 25.4 Å². The van der Waals surface area contributed by atoms with Crippen LogP contribution in [0.4, 0.5) is 28.2 Å². The zero-order chi connectivity index (χ0) is 33.8. The normalized spacial score (nSPS) is 8.22. The summed E-state index contributed by atoms with van der Waals surface area (Å²) in [5.74, 6) is 2.08. The standard InChI is InChI=1S/C11H11N3O2.C5H6N2.2C4H7N3.C2H3N.2CH5N.CH4/c12-10-6-7-13-14(10)11(15)16-8-9-4-2-1-3-5-9;6-5-3-1-2-4-7-5;1-7-3-6-2-4(7)5;1-7-3-2-6-4(7)5;1-2-3;2*1-2;/h1-7H,8,12H2;1-4H,(H2,6,7);2-3H,5H2,1H3;2-3H,1H3,(H2,5,6);1H3;2*2H2,1H3;1H4. The van der Waals surface area contributed by atoms with Crippen molar-refractivity contribution in [2.75, 3.05) is 37.0 Å². The third-order valence-corrected chi connectivity index (χ3v) is 4.45. The van der Waals surface area contributed by atoms with Gasteiger partial charge in [0.15, 0.2) is 5.95 Å². The molecule has 4 aromatic heterocycles. The Kier molecular flexibility index (Phi) is 27.3. The number of aryl methyl sites for hydroxylation is 2. The van der Waals surface area contributed by atoms with Crippen LogP contribution >= 0.6 is 0 Å². The van der Waals surface area contributed by atoms with E-state index >= 15 is 0 Å². The molecule has 45 heavy (non-hydrogen) atoms. The molecule has 0 saturated carbocycles. The van der Waals surface area contributed by atoms with Crippen LogP contribution in [0.2, 0.25) is 0 Å². The van der Waals surface area contributed by atoms with Crippen LogP contribution < -0.4 is 34.4 Å². The number of anilines is 4. The number of pyridine rings is 1. The smallest absolute Gasteiger partial charge is 0.436 e. The van der Waals surface area contributed by atoms with Crippen molar-refractivity contribution in [1.82, 2.24) is 33.9 Å². The Hall–Kier alpha value is -5.92. The van der Waals surface area contributed by atoms with E-state index in [9.17, 15) is 4.79 Å². The van der Waals surface area contributed by atoms with Crippen LogP contribution in [0.5, 0.6) is 0 Å². The number of nitriles is 1. The van der Waals surface area contributed by atoms with E-state index in [0.29, 0.717) is 17.6 Å². The van der Waals surface area contributed by atoms with Gasteiger partial charge in [-0.05, 0) is 31.8 Å². The molecular formula is C29H48N14O2.